The lowest BCUT2D eigenvalue weighted by Crippen LogP contribution is -2.51. The molecule has 1 aliphatic heterocycles. The highest BCUT2D eigenvalue weighted by atomic mass is 16.3. The molecule has 1 aliphatic rings. The molecule has 0 bridgehead atoms. The van der Waals surface area contributed by atoms with E-state index in [4.69, 9.17) is 5.11 Å². The molecule has 3 heteroatoms. The fourth-order valence-electron chi connectivity index (χ4n) is 1.34. The number of aliphatic hydroxyl groups is 1. The Hall–Kier alpha value is -1.09. The number of anilines is 1. The van der Waals surface area contributed by atoms with E-state index in [-0.39, 0.29) is 6.10 Å². The Morgan fingerprint density at radius 1 is 1.58 bits per heavy atom. The van der Waals surface area contributed by atoms with E-state index < -0.39 is 0 Å². The normalized spacial score (nSPS) is 17.7. The lowest BCUT2D eigenvalue weighted by molar-refractivity contribution is 0.141. The molecule has 0 amide bonds. The monoisotopic (exact) mass is 164 g/mol. The maximum atomic E-state index is 9.08. The van der Waals surface area contributed by atoms with Crippen molar-refractivity contribution in [3.63, 3.8) is 0 Å². The van der Waals surface area contributed by atoms with E-state index in [9.17, 15) is 0 Å². The van der Waals surface area contributed by atoms with Gasteiger partial charge < -0.3 is 10.0 Å². The van der Waals surface area contributed by atoms with Crippen LogP contribution < -0.4 is 4.90 Å². The molecule has 12 heavy (non-hydrogen) atoms. The van der Waals surface area contributed by atoms with E-state index >= 15 is 0 Å². The highest BCUT2D eigenvalue weighted by molar-refractivity contribution is 5.43. The van der Waals surface area contributed by atoms with Gasteiger partial charge in [-0.3, -0.25) is 0 Å². The second kappa shape index (κ2) is 2.75. The van der Waals surface area contributed by atoms with Crippen LogP contribution in [0.25, 0.3) is 0 Å². The van der Waals surface area contributed by atoms with Crippen molar-refractivity contribution in [2.24, 2.45) is 0 Å². The minimum absolute atomic E-state index is 0.160. The van der Waals surface area contributed by atoms with Crippen LogP contribution >= 0.6 is 0 Å². The van der Waals surface area contributed by atoms with E-state index in [1.54, 1.807) is 6.20 Å². The predicted octanol–water partition coefficient (Wildman–Crippen LogP) is 0.571. The summed E-state index contributed by atoms with van der Waals surface area (Å²) in [6.07, 6.45) is 1.64. The second-order valence-corrected chi connectivity index (χ2v) is 3.25. The lowest BCUT2D eigenvalue weighted by Gasteiger charge is -2.36. The molecule has 2 rings (SSSR count). The van der Waals surface area contributed by atoms with Gasteiger partial charge in [-0.25, -0.2) is 4.98 Å². The van der Waals surface area contributed by atoms with Crippen LogP contribution in [-0.4, -0.2) is 29.3 Å². The Kier molecular flexibility index (Phi) is 1.73. The van der Waals surface area contributed by atoms with Crippen LogP contribution in [0.4, 0.5) is 5.82 Å². The summed E-state index contributed by atoms with van der Waals surface area (Å²) in [7, 11) is 0. The fourth-order valence-corrected chi connectivity index (χ4v) is 1.34. The second-order valence-electron chi connectivity index (χ2n) is 3.25. The van der Waals surface area contributed by atoms with Gasteiger partial charge in [0.15, 0.2) is 0 Å². The minimum atomic E-state index is -0.160. The molecule has 1 aromatic heterocycles. The molecule has 0 radical (unpaired) electrons. The van der Waals surface area contributed by atoms with E-state index in [2.05, 4.69) is 9.88 Å². The van der Waals surface area contributed by atoms with Crippen LogP contribution in [0.2, 0.25) is 0 Å². The number of hydrogen-bond donors (Lipinski definition) is 1. The van der Waals surface area contributed by atoms with Crippen LogP contribution in [0.5, 0.6) is 0 Å². The largest absolute Gasteiger partial charge is 0.389 e. The number of pyridine rings is 1. The van der Waals surface area contributed by atoms with Crippen LogP contribution in [0.15, 0.2) is 18.3 Å². The Balaban J connectivity index is 2.13. The topological polar surface area (TPSA) is 36.4 Å². The molecule has 3 nitrogen and oxygen atoms in total. The first kappa shape index (κ1) is 7.55. The smallest absolute Gasteiger partial charge is 0.128 e. The molecule has 0 aliphatic carbocycles. The first-order valence-electron chi connectivity index (χ1n) is 4.11. The van der Waals surface area contributed by atoms with Gasteiger partial charge in [0, 0.05) is 19.3 Å². The van der Waals surface area contributed by atoms with Gasteiger partial charge in [0.2, 0.25) is 0 Å². The molecule has 64 valence electrons. The Bertz CT molecular complexity index is 282. The summed E-state index contributed by atoms with van der Waals surface area (Å²) in [6, 6.07) is 4.01. The van der Waals surface area contributed by atoms with Gasteiger partial charge in [0.1, 0.15) is 5.82 Å². The summed E-state index contributed by atoms with van der Waals surface area (Å²) in [5.41, 5.74) is 1.21. The molecule has 1 fully saturated rings. The third kappa shape index (κ3) is 1.28. The summed E-state index contributed by atoms with van der Waals surface area (Å²) in [4.78, 5) is 6.28. The Morgan fingerprint density at radius 2 is 2.33 bits per heavy atom. The third-order valence-electron chi connectivity index (χ3n) is 2.09. The van der Waals surface area contributed by atoms with Crippen molar-refractivity contribution < 1.29 is 5.11 Å². The third-order valence-corrected chi connectivity index (χ3v) is 2.09. The van der Waals surface area contributed by atoms with Gasteiger partial charge in [0.25, 0.3) is 0 Å². The van der Waals surface area contributed by atoms with Crippen molar-refractivity contribution in [3.05, 3.63) is 23.9 Å². The number of rotatable bonds is 1. The van der Waals surface area contributed by atoms with E-state index in [0.717, 1.165) is 18.9 Å². The maximum absolute atomic E-state index is 9.08. The average Bonchev–Trinajstić information content (AvgIpc) is 1.99. The number of hydrogen-bond acceptors (Lipinski definition) is 3. The number of aliphatic hydroxyl groups excluding tert-OH is 1. The molecule has 0 atom stereocenters. The van der Waals surface area contributed by atoms with Crippen LogP contribution in [0.1, 0.15) is 5.56 Å². The van der Waals surface area contributed by atoms with Gasteiger partial charge in [-0.1, -0.05) is 0 Å². The zero-order valence-electron chi connectivity index (χ0n) is 7.07. The number of aromatic nitrogens is 1. The zero-order chi connectivity index (χ0) is 8.55. The minimum Gasteiger partial charge on any atom is -0.389 e. The summed E-state index contributed by atoms with van der Waals surface area (Å²) in [5, 5.41) is 9.08. The van der Waals surface area contributed by atoms with Gasteiger partial charge in [0.05, 0.1) is 6.10 Å². The number of β-amino-alcohol motifs (C(OH)–C–C–N with tert-alkyl or cyclic N) is 1. The van der Waals surface area contributed by atoms with Crippen molar-refractivity contribution >= 4 is 5.82 Å². The summed E-state index contributed by atoms with van der Waals surface area (Å²) >= 11 is 0. The lowest BCUT2D eigenvalue weighted by atomic mass is 10.1. The highest BCUT2D eigenvalue weighted by Gasteiger charge is 2.24. The van der Waals surface area contributed by atoms with Crippen molar-refractivity contribution in [1.82, 2.24) is 4.98 Å². The molecule has 0 saturated carbocycles. The summed E-state index contributed by atoms with van der Waals surface area (Å²) < 4.78 is 0. The molecule has 1 aromatic rings. The molecule has 2 heterocycles. The molecule has 0 unspecified atom stereocenters. The van der Waals surface area contributed by atoms with Crippen LogP contribution in [0, 0.1) is 6.92 Å². The Labute approximate surface area is 71.7 Å². The van der Waals surface area contributed by atoms with E-state index in [1.165, 1.54) is 5.56 Å². The van der Waals surface area contributed by atoms with Crippen LogP contribution in [0.3, 0.4) is 0 Å². The number of aryl methyl sites for hydroxylation is 1. The quantitative estimate of drug-likeness (QED) is 0.659. The predicted molar refractivity (Wildman–Crippen MR) is 47.2 cm³/mol. The first-order chi connectivity index (χ1) is 5.75. The summed E-state index contributed by atoms with van der Waals surface area (Å²) in [5.74, 6) is 0.973. The zero-order valence-corrected chi connectivity index (χ0v) is 7.07. The van der Waals surface area contributed by atoms with Gasteiger partial charge in [-0.05, 0) is 24.6 Å². The average molecular weight is 164 g/mol. The van der Waals surface area contributed by atoms with Gasteiger partial charge in [-0.2, -0.15) is 0 Å². The molecule has 1 saturated heterocycles. The van der Waals surface area contributed by atoms with E-state index in [0.29, 0.717) is 0 Å². The molecular formula is C9H12N2O. The van der Waals surface area contributed by atoms with Gasteiger partial charge in [-0.15, -0.1) is 0 Å². The van der Waals surface area contributed by atoms with E-state index in [1.807, 2.05) is 19.1 Å². The van der Waals surface area contributed by atoms with Gasteiger partial charge >= 0.3 is 0 Å². The molecule has 0 spiro atoms. The van der Waals surface area contributed by atoms with Crippen molar-refractivity contribution in [1.29, 1.82) is 0 Å². The molecule has 0 aromatic carbocycles. The maximum Gasteiger partial charge on any atom is 0.128 e. The van der Waals surface area contributed by atoms with Crippen molar-refractivity contribution in [2.45, 2.75) is 13.0 Å². The number of nitrogens with zero attached hydrogens (tertiary/aromatic N) is 2. The van der Waals surface area contributed by atoms with Crippen molar-refractivity contribution in [2.75, 3.05) is 18.0 Å². The molecule has 1 N–H and O–H groups in total. The standard InChI is InChI=1S/C9H12N2O/c1-7-2-3-10-9(4-7)11-5-8(12)6-11/h2-4,8,12H,5-6H2,1H3. The van der Waals surface area contributed by atoms with Crippen molar-refractivity contribution in [3.8, 4) is 0 Å². The summed E-state index contributed by atoms with van der Waals surface area (Å²) in [6.45, 7) is 3.48. The SMILES string of the molecule is Cc1ccnc(N2CC(O)C2)c1. The first-order valence-corrected chi connectivity index (χ1v) is 4.11. The van der Waals surface area contributed by atoms with Crippen LogP contribution in [-0.2, 0) is 0 Å². The molecular weight excluding hydrogens is 152 g/mol. The highest BCUT2D eigenvalue weighted by Crippen LogP contribution is 2.18. The fraction of sp³-hybridized carbons (Fsp3) is 0.444. The Morgan fingerprint density at radius 3 is 2.92 bits per heavy atom.